The SMILES string of the molecule is CC(F)(F)c1ccc(Cn2nc(C(N)=O)c(-c3nc(C(=O)O)c(-c4ccc(F)cc4)o3)n2)o1. The van der Waals surface area contributed by atoms with Crippen molar-refractivity contribution in [2.75, 3.05) is 0 Å². The molecule has 0 fully saturated rings. The molecule has 3 N–H and O–H groups in total. The highest BCUT2D eigenvalue weighted by atomic mass is 19.3. The summed E-state index contributed by atoms with van der Waals surface area (Å²) in [5.41, 5.74) is 4.38. The first-order valence-electron chi connectivity index (χ1n) is 9.25. The van der Waals surface area contributed by atoms with Crippen molar-refractivity contribution in [3.05, 3.63) is 65.1 Å². The number of nitrogens with two attached hydrogens (primary N) is 1. The van der Waals surface area contributed by atoms with Crippen molar-refractivity contribution in [2.24, 2.45) is 5.73 Å². The maximum absolute atomic E-state index is 13.4. The first-order valence-corrected chi connectivity index (χ1v) is 9.25. The fourth-order valence-corrected chi connectivity index (χ4v) is 2.93. The zero-order valence-electron chi connectivity index (χ0n) is 16.8. The summed E-state index contributed by atoms with van der Waals surface area (Å²) in [6, 6.07) is 7.17. The number of carboxylic acids is 1. The van der Waals surface area contributed by atoms with Gasteiger partial charge in [0, 0.05) is 12.5 Å². The van der Waals surface area contributed by atoms with Gasteiger partial charge in [0.15, 0.2) is 28.6 Å². The van der Waals surface area contributed by atoms with Crippen molar-refractivity contribution >= 4 is 11.9 Å². The number of aromatic nitrogens is 4. The van der Waals surface area contributed by atoms with E-state index in [1.807, 2.05) is 0 Å². The van der Waals surface area contributed by atoms with E-state index in [-0.39, 0.29) is 35.2 Å². The number of halogens is 3. The number of benzene rings is 1. The van der Waals surface area contributed by atoms with E-state index in [0.717, 1.165) is 23.0 Å². The lowest BCUT2D eigenvalue weighted by Crippen LogP contribution is -2.14. The molecule has 170 valence electrons. The Kier molecular flexibility index (Phi) is 5.24. The summed E-state index contributed by atoms with van der Waals surface area (Å²) < 4.78 is 50.6. The third kappa shape index (κ3) is 4.33. The van der Waals surface area contributed by atoms with Gasteiger partial charge in [0.2, 0.25) is 0 Å². The number of alkyl halides is 2. The van der Waals surface area contributed by atoms with Crippen molar-refractivity contribution in [2.45, 2.75) is 19.4 Å². The molecule has 0 unspecified atom stereocenters. The minimum atomic E-state index is -3.19. The number of carbonyl (C=O) groups excluding carboxylic acids is 1. The Bertz CT molecular complexity index is 1350. The number of carboxylic acid groups (broad SMARTS) is 1. The zero-order valence-corrected chi connectivity index (χ0v) is 16.8. The molecule has 0 saturated heterocycles. The van der Waals surface area contributed by atoms with Crippen LogP contribution in [0, 0.1) is 5.82 Å². The van der Waals surface area contributed by atoms with Gasteiger partial charge in [-0.15, -0.1) is 10.2 Å². The first-order chi connectivity index (χ1) is 15.5. The van der Waals surface area contributed by atoms with Crippen LogP contribution >= 0.6 is 0 Å². The highest BCUT2D eigenvalue weighted by molar-refractivity contribution is 5.97. The minimum Gasteiger partial charge on any atom is -0.476 e. The van der Waals surface area contributed by atoms with Gasteiger partial charge in [-0.2, -0.15) is 18.6 Å². The molecule has 3 heterocycles. The number of hydrogen-bond donors (Lipinski definition) is 2. The van der Waals surface area contributed by atoms with Gasteiger partial charge >= 0.3 is 11.9 Å². The maximum atomic E-state index is 13.4. The van der Waals surface area contributed by atoms with E-state index in [4.69, 9.17) is 14.6 Å². The molecule has 0 atom stereocenters. The van der Waals surface area contributed by atoms with Gasteiger partial charge in [0.1, 0.15) is 18.1 Å². The number of nitrogens with zero attached hydrogens (tertiary/aromatic N) is 4. The predicted molar refractivity (Wildman–Crippen MR) is 104 cm³/mol. The van der Waals surface area contributed by atoms with Crippen LogP contribution in [0.3, 0.4) is 0 Å². The van der Waals surface area contributed by atoms with Crippen LogP contribution in [0.5, 0.6) is 0 Å². The lowest BCUT2D eigenvalue weighted by molar-refractivity contribution is -0.00641. The Hall–Kier alpha value is -4.42. The monoisotopic (exact) mass is 461 g/mol. The Morgan fingerprint density at radius 2 is 1.79 bits per heavy atom. The number of carbonyl (C=O) groups is 2. The first kappa shape index (κ1) is 21.8. The van der Waals surface area contributed by atoms with Gasteiger partial charge in [-0.05, 0) is 36.4 Å². The van der Waals surface area contributed by atoms with E-state index < -0.39 is 40.8 Å². The van der Waals surface area contributed by atoms with E-state index in [1.54, 1.807) is 0 Å². The van der Waals surface area contributed by atoms with Crippen molar-refractivity contribution < 1.29 is 36.7 Å². The maximum Gasteiger partial charge on any atom is 0.358 e. The lowest BCUT2D eigenvalue weighted by Gasteiger charge is -2.05. The second-order valence-electron chi connectivity index (χ2n) is 6.95. The molecule has 0 aliphatic carbocycles. The van der Waals surface area contributed by atoms with Crippen molar-refractivity contribution in [3.8, 4) is 22.9 Å². The molecule has 1 amide bonds. The van der Waals surface area contributed by atoms with E-state index in [9.17, 15) is 27.9 Å². The molecule has 3 aromatic heterocycles. The highest BCUT2D eigenvalue weighted by Gasteiger charge is 2.30. The average molecular weight is 461 g/mol. The number of oxazole rings is 1. The van der Waals surface area contributed by atoms with Gasteiger partial charge < -0.3 is 19.7 Å². The quantitative estimate of drug-likeness (QED) is 0.426. The molecule has 0 aliphatic heterocycles. The molecule has 0 saturated carbocycles. The minimum absolute atomic E-state index is 0.0646. The van der Waals surface area contributed by atoms with Crippen molar-refractivity contribution in [3.63, 3.8) is 0 Å². The molecule has 13 heteroatoms. The average Bonchev–Trinajstić information content (AvgIpc) is 3.46. The topological polar surface area (TPSA) is 150 Å². The fraction of sp³-hybridized carbons (Fsp3) is 0.150. The van der Waals surface area contributed by atoms with Gasteiger partial charge in [-0.1, -0.05) is 0 Å². The van der Waals surface area contributed by atoms with E-state index in [1.165, 1.54) is 18.2 Å². The molecule has 0 aliphatic rings. The van der Waals surface area contributed by atoms with E-state index in [0.29, 0.717) is 6.92 Å². The van der Waals surface area contributed by atoms with Crippen molar-refractivity contribution in [1.82, 2.24) is 20.0 Å². The lowest BCUT2D eigenvalue weighted by atomic mass is 10.1. The number of hydrogen-bond acceptors (Lipinski definition) is 7. The number of primary amides is 1. The Morgan fingerprint density at radius 1 is 1.09 bits per heavy atom. The molecule has 10 nitrogen and oxygen atoms in total. The zero-order chi connectivity index (χ0) is 23.9. The number of amides is 1. The molecule has 0 radical (unpaired) electrons. The Morgan fingerprint density at radius 3 is 2.36 bits per heavy atom. The van der Waals surface area contributed by atoms with Crippen molar-refractivity contribution in [1.29, 1.82) is 0 Å². The van der Waals surface area contributed by atoms with Crippen LogP contribution in [-0.4, -0.2) is 37.0 Å². The van der Waals surface area contributed by atoms with Crippen LogP contribution in [0.25, 0.3) is 22.9 Å². The summed E-state index contributed by atoms with van der Waals surface area (Å²) in [6.45, 7) is 0.431. The molecule has 0 spiro atoms. The smallest absolute Gasteiger partial charge is 0.358 e. The summed E-state index contributed by atoms with van der Waals surface area (Å²) in [5, 5.41) is 17.4. The number of rotatable bonds is 7. The molecular weight excluding hydrogens is 447 g/mol. The molecular formula is C20H14F3N5O5. The normalized spacial score (nSPS) is 11.6. The van der Waals surface area contributed by atoms with E-state index in [2.05, 4.69) is 15.2 Å². The Balaban J connectivity index is 1.74. The second-order valence-corrected chi connectivity index (χ2v) is 6.95. The number of aromatic carboxylic acids is 1. The largest absolute Gasteiger partial charge is 0.476 e. The van der Waals surface area contributed by atoms with E-state index >= 15 is 0 Å². The van der Waals surface area contributed by atoms with Gasteiger partial charge in [-0.25, -0.2) is 9.18 Å². The second kappa shape index (κ2) is 7.93. The molecule has 33 heavy (non-hydrogen) atoms. The van der Waals surface area contributed by atoms with Gasteiger partial charge in [0.05, 0.1) is 0 Å². The fourth-order valence-electron chi connectivity index (χ4n) is 2.93. The van der Waals surface area contributed by atoms with Gasteiger partial charge in [-0.3, -0.25) is 4.79 Å². The van der Waals surface area contributed by atoms with Crippen LogP contribution < -0.4 is 5.73 Å². The van der Waals surface area contributed by atoms with Crippen LogP contribution in [-0.2, 0) is 12.5 Å². The molecule has 4 aromatic rings. The third-order valence-corrected chi connectivity index (χ3v) is 4.42. The summed E-state index contributed by atoms with van der Waals surface area (Å²) in [5.74, 6) is -7.29. The molecule has 4 rings (SSSR count). The van der Waals surface area contributed by atoms with Crippen LogP contribution in [0.4, 0.5) is 13.2 Å². The van der Waals surface area contributed by atoms with Crippen LogP contribution in [0.2, 0.25) is 0 Å². The summed E-state index contributed by atoms with van der Waals surface area (Å²) in [6.07, 6.45) is 0. The predicted octanol–water partition coefficient (Wildman–Crippen LogP) is 3.29. The standard InChI is InChI=1S/C20H14F3N5O5/c1-20(22,23)12-7-6-11(32-12)8-28-26-13(17(24)29)14(27-28)18-25-15(19(30)31)16(33-18)9-2-4-10(21)5-3-9/h2-7H,8H2,1H3,(H2,24,29)(H,30,31). The number of furan rings is 1. The van der Waals surface area contributed by atoms with Crippen LogP contribution in [0.1, 0.15) is 39.4 Å². The molecule has 0 bridgehead atoms. The molecule has 1 aromatic carbocycles. The Labute approximate surface area is 182 Å². The van der Waals surface area contributed by atoms with Crippen LogP contribution in [0.15, 0.2) is 45.2 Å². The summed E-state index contributed by atoms with van der Waals surface area (Å²) in [7, 11) is 0. The highest BCUT2D eigenvalue weighted by Crippen LogP contribution is 2.31. The third-order valence-electron chi connectivity index (χ3n) is 4.42. The van der Waals surface area contributed by atoms with Gasteiger partial charge in [0.25, 0.3) is 11.8 Å². The summed E-state index contributed by atoms with van der Waals surface area (Å²) in [4.78, 5) is 28.3. The summed E-state index contributed by atoms with van der Waals surface area (Å²) >= 11 is 0.